The van der Waals surface area contributed by atoms with E-state index in [2.05, 4.69) is 11.9 Å². The average Bonchev–Trinajstić information content (AvgIpc) is 2.35. The Balaban J connectivity index is 1.82. The van der Waals surface area contributed by atoms with E-state index in [1.165, 1.54) is 18.9 Å². The molecule has 0 heterocycles. The Morgan fingerprint density at radius 1 is 1.22 bits per heavy atom. The van der Waals surface area contributed by atoms with Gasteiger partial charge in [0, 0.05) is 24.7 Å². The number of hydrogen-bond acceptors (Lipinski definition) is 2. The highest BCUT2D eigenvalue weighted by Gasteiger charge is 2.19. The summed E-state index contributed by atoms with van der Waals surface area (Å²) in [7, 11) is 2.07. The van der Waals surface area contributed by atoms with Crippen LogP contribution in [0.15, 0.2) is 24.3 Å². The lowest BCUT2D eigenvalue weighted by Gasteiger charge is -2.29. The fraction of sp³-hybridized carbons (Fsp3) is 0.600. The van der Waals surface area contributed by atoms with Crippen LogP contribution < -0.4 is 5.73 Å². The maximum Gasteiger partial charge on any atom is 0.127 e. The Kier molecular flexibility index (Phi) is 4.72. The van der Waals surface area contributed by atoms with Crippen molar-refractivity contribution >= 4 is 0 Å². The van der Waals surface area contributed by atoms with Gasteiger partial charge in [-0.1, -0.05) is 18.2 Å². The summed E-state index contributed by atoms with van der Waals surface area (Å²) in [5.74, 6) is 0.622. The van der Waals surface area contributed by atoms with Crippen molar-refractivity contribution in [2.45, 2.75) is 38.3 Å². The molecule has 3 heteroatoms. The molecule has 100 valence electrons. The van der Waals surface area contributed by atoms with Crippen LogP contribution in [0.1, 0.15) is 31.2 Å². The molecule has 0 aromatic heterocycles. The number of nitrogens with zero attached hydrogens (tertiary/aromatic N) is 1. The van der Waals surface area contributed by atoms with Crippen molar-refractivity contribution in [3.05, 3.63) is 35.6 Å². The first-order chi connectivity index (χ1) is 8.65. The van der Waals surface area contributed by atoms with E-state index in [-0.39, 0.29) is 5.82 Å². The van der Waals surface area contributed by atoms with Crippen molar-refractivity contribution in [2.75, 3.05) is 13.6 Å². The average molecular weight is 250 g/mol. The predicted molar refractivity (Wildman–Crippen MR) is 72.7 cm³/mol. The van der Waals surface area contributed by atoms with Crippen LogP contribution in [0.5, 0.6) is 0 Å². The molecule has 0 spiro atoms. The molecule has 2 nitrogen and oxygen atoms in total. The Labute approximate surface area is 109 Å². The minimum atomic E-state index is -0.102. The van der Waals surface area contributed by atoms with E-state index in [1.54, 1.807) is 6.07 Å². The third-order valence-electron chi connectivity index (χ3n) is 3.86. The smallest absolute Gasteiger partial charge is 0.127 e. The van der Waals surface area contributed by atoms with Crippen LogP contribution in [0.2, 0.25) is 0 Å². The SMILES string of the molecule is CN(Cc1ccccc1F)CC1CCC(N)CC1. The lowest BCUT2D eigenvalue weighted by molar-refractivity contribution is 0.217. The Morgan fingerprint density at radius 2 is 1.89 bits per heavy atom. The monoisotopic (exact) mass is 250 g/mol. The lowest BCUT2D eigenvalue weighted by atomic mass is 9.86. The van der Waals surface area contributed by atoms with Gasteiger partial charge in [0.25, 0.3) is 0 Å². The van der Waals surface area contributed by atoms with Crippen LogP contribution in [-0.4, -0.2) is 24.5 Å². The number of halogens is 1. The van der Waals surface area contributed by atoms with Gasteiger partial charge in [0.05, 0.1) is 0 Å². The first-order valence-electron chi connectivity index (χ1n) is 6.82. The topological polar surface area (TPSA) is 29.3 Å². The summed E-state index contributed by atoms with van der Waals surface area (Å²) in [6, 6.07) is 7.43. The molecular weight excluding hydrogens is 227 g/mol. The van der Waals surface area contributed by atoms with Gasteiger partial charge in [0.15, 0.2) is 0 Å². The van der Waals surface area contributed by atoms with Crippen molar-refractivity contribution in [3.8, 4) is 0 Å². The van der Waals surface area contributed by atoms with Gasteiger partial charge in [-0.3, -0.25) is 0 Å². The Bertz CT molecular complexity index is 373. The largest absolute Gasteiger partial charge is 0.328 e. The predicted octanol–water partition coefficient (Wildman–Crippen LogP) is 2.78. The summed E-state index contributed by atoms with van der Waals surface area (Å²) >= 11 is 0. The van der Waals surface area contributed by atoms with Crippen LogP contribution in [0.4, 0.5) is 4.39 Å². The van der Waals surface area contributed by atoms with E-state index in [9.17, 15) is 4.39 Å². The molecule has 1 saturated carbocycles. The lowest BCUT2D eigenvalue weighted by Crippen LogP contribution is -2.32. The molecule has 1 fully saturated rings. The first-order valence-corrected chi connectivity index (χ1v) is 6.82. The van der Waals surface area contributed by atoms with E-state index >= 15 is 0 Å². The highest BCUT2D eigenvalue weighted by molar-refractivity contribution is 5.16. The molecule has 18 heavy (non-hydrogen) atoms. The first kappa shape index (κ1) is 13.5. The molecule has 0 saturated heterocycles. The van der Waals surface area contributed by atoms with Crippen LogP contribution in [0.3, 0.4) is 0 Å². The second-order valence-corrected chi connectivity index (χ2v) is 5.57. The molecule has 1 aliphatic carbocycles. The molecule has 0 atom stereocenters. The normalized spacial score (nSPS) is 24.4. The van der Waals surface area contributed by atoms with Crippen molar-refractivity contribution < 1.29 is 4.39 Å². The zero-order valence-corrected chi connectivity index (χ0v) is 11.1. The number of benzene rings is 1. The minimum absolute atomic E-state index is 0.102. The fourth-order valence-corrected chi connectivity index (χ4v) is 2.79. The third kappa shape index (κ3) is 3.79. The van der Waals surface area contributed by atoms with E-state index in [4.69, 9.17) is 5.73 Å². The van der Waals surface area contributed by atoms with Crippen LogP contribution in [0.25, 0.3) is 0 Å². The van der Waals surface area contributed by atoms with Gasteiger partial charge < -0.3 is 10.6 Å². The summed E-state index contributed by atoms with van der Waals surface area (Å²) in [5, 5.41) is 0. The number of nitrogens with two attached hydrogens (primary N) is 1. The molecule has 1 aromatic carbocycles. The standard InChI is InChI=1S/C15H23FN2/c1-18(10-12-6-8-14(17)9-7-12)11-13-4-2-3-5-15(13)16/h2-5,12,14H,6-11,17H2,1H3. The minimum Gasteiger partial charge on any atom is -0.328 e. The number of hydrogen-bond donors (Lipinski definition) is 1. The van der Waals surface area contributed by atoms with E-state index in [0.29, 0.717) is 12.6 Å². The second kappa shape index (κ2) is 6.30. The maximum atomic E-state index is 13.5. The Morgan fingerprint density at radius 3 is 2.56 bits per heavy atom. The molecule has 0 unspecified atom stereocenters. The second-order valence-electron chi connectivity index (χ2n) is 5.57. The molecule has 0 bridgehead atoms. The highest BCUT2D eigenvalue weighted by Crippen LogP contribution is 2.24. The van der Waals surface area contributed by atoms with E-state index < -0.39 is 0 Å². The van der Waals surface area contributed by atoms with Gasteiger partial charge in [-0.25, -0.2) is 4.39 Å². The zero-order chi connectivity index (χ0) is 13.0. The van der Waals surface area contributed by atoms with Crippen molar-refractivity contribution in [1.82, 2.24) is 4.90 Å². The molecule has 1 aliphatic rings. The summed E-state index contributed by atoms with van der Waals surface area (Å²) < 4.78 is 13.5. The van der Waals surface area contributed by atoms with Gasteiger partial charge in [-0.05, 0) is 44.7 Å². The van der Waals surface area contributed by atoms with Crippen molar-refractivity contribution in [3.63, 3.8) is 0 Å². The van der Waals surface area contributed by atoms with E-state index in [1.807, 2.05) is 12.1 Å². The van der Waals surface area contributed by atoms with Crippen molar-refractivity contribution in [2.24, 2.45) is 11.7 Å². The van der Waals surface area contributed by atoms with Gasteiger partial charge in [-0.15, -0.1) is 0 Å². The van der Waals surface area contributed by atoms with Crippen LogP contribution in [0, 0.1) is 11.7 Å². The molecular formula is C15H23FN2. The van der Waals surface area contributed by atoms with Crippen LogP contribution >= 0.6 is 0 Å². The quantitative estimate of drug-likeness (QED) is 0.890. The van der Waals surface area contributed by atoms with Crippen molar-refractivity contribution in [1.29, 1.82) is 0 Å². The summed E-state index contributed by atoms with van der Waals surface area (Å²) in [5.41, 5.74) is 6.69. The molecule has 2 rings (SSSR count). The molecule has 2 N–H and O–H groups in total. The molecule has 0 aliphatic heterocycles. The zero-order valence-electron chi connectivity index (χ0n) is 11.1. The van der Waals surface area contributed by atoms with Gasteiger partial charge in [0.2, 0.25) is 0 Å². The van der Waals surface area contributed by atoms with Gasteiger partial charge >= 0.3 is 0 Å². The van der Waals surface area contributed by atoms with Crippen LogP contribution in [-0.2, 0) is 6.54 Å². The molecule has 0 amide bonds. The molecule has 1 aromatic rings. The third-order valence-corrected chi connectivity index (χ3v) is 3.86. The molecule has 0 radical (unpaired) electrons. The fourth-order valence-electron chi connectivity index (χ4n) is 2.79. The highest BCUT2D eigenvalue weighted by atomic mass is 19.1. The summed E-state index contributed by atoms with van der Waals surface area (Å²) in [6.45, 7) is 1.73. The van der Waals surface area contributed by atoms with Gasteiger partial charge in [0.1, 0.15) is 5.82 Å². The number of rotatable bonds is 4. The Hall–Kier alpha value is -0.930. The van der Waals surface area contributed by atoms with E-state index in [0.717, 1.165) is 30.9 Å². The van der Waals surface area contributed by atoms with Gasteiger partial charge in [-0.2, -0.15) is 0 Å². The maximum absolute atomic E-state index is 13.5. The summed E-state index contributed by atoms with van der Waals surface area (Å²) in [4.78, 5) is 2.22. The summed E-state index contributed by atoms with van der Waals surface area (Å²) in [6.07, 6.45) is 4.70.